The third kappa shape index (κ3) is 3.62. The van der Waals surface area contributed by atoms with Crippen molar-refractivity contribution in [1.29, 1.82) is 0 Å². The van der Waals surface area contributed by atoms with Gasteiger partial charge in [0, 0.05) is 18.1 Å². The molecule has 0 aromatic heterocycles. The molecule has 1 saturated heterocycles. The molecule has 0 radical (unpaired) electrons. The summed E-state index contributed by atoms with van der Waals surface area (Å²) in [5, 5.41) is 23.3. The first-order chi connectivity index (χ1) is 11.0. The zero-order valence-electron chi connectivity index (χ0n) is 13.1. The number of urea groups is 1. The molecule has 1 heterocycles. The Morgan fingerprint density at radius 2 is 1.87 bits per heavy atom. The minimum absolute atomic E-state index is 0.0976. The molecule has 6 heteroatoms. The average molecular weight is 339 g/mol. The fraction of sp³-hybridized carbons (Fsp3) is 0.588. The van der Waals surface area contributed by atoms with Gasteiger partial charge in [-0.1, -0.05) is 23.7 Å². The molecule has 23 heavy (non-hydrogen) atoms. The lowest BCUT2D eigenvalue weighted by atomic mass is 9.96. The lowest BCUT2D eigenvalue weighted by Crippen LogP contribution is -2.46. The summed E-state index contributed by atoms with van der Waals surface area (Å²) in [5.41, 5.74) is -0.249. The van der Waals surface area contributed by atoms with Crippen LogP contribution in [-0.4, -0.2) is 46.4 Å². The summed E-state index contributed by atoms with van der Waals surface area (Å²) < 4.78 is 0. The third-order valence-electron chi connectivity index (χ3n) is 4.99. The normalized spacial score (nSPS) is 26.5. The number of rotatable bonds is 3. The van der Waals surface area contributed by atoms with E-state index in [0.29, 0.717) is 37.4 Å². The molecule has 0 unspecified atom stereocenters. The molecule has 2 aliphatic rings. The lowest BCUT2D eigenvalue weighted by Gasteiger charge is -2.27. The number of benzene rings is 1. The SMILES string of the molecule is O=C(NC1(c2ccc(Cl)cc2)CC1)N1CCC[C@@](O)(CO)CC1. The number of halogens is 1. The molecule has 5 nitrogen and oxygen atoms in total. The van der Waals surface area contributed by atoms with E-state index in [0.717, 1.165) is 18.4 Å². The maximum Gasteiger partial charge on any atom is 0.318 e. The molecule has 1 atom stereocenters. The standard InChI is InChI=1S/C17H23ClN2O3/c18-14-4-2-13(3-5-14)17(7-8-17)19-15(22)20-10-1-6-16(23,12-21)9-11-20/h2-5,21,23H,1,6-12H2,(H,19,22)/t16-/m0/s1. The van der Waals surface area contributed by atoms with Crippen LogP contribution in [0.3, 0.4) is 0 Å². The first-order valence-electron chi connectivity index (χ1n) is 8.13. The van der Waals surface area contributed by atoms with E-state index in [-0.39, 0.29) is 18.2 Å². The van der Waals surface area contributed by atoms with E-state index < -0.39 is 5.60 Å². The van der Waals surface area contributed by atoms with Crippen LogP contribution in [0, 0.1) is 0 Å². The van der Waals surface area contributed by atoms with Gasteiger partial charge in [-0.3, -0.25) is 0 Å². The molecule has 3 N–H and O–H groups in total. The number of hydrogen-bond donors (Lipinski definition) is 3. The molecule has 1 aliphatic heterocycles. The maximum absolute atomic E-state index is 12.6. The van der Waals surface area contributed by atoms with Crippen LogP contribution in [0.25, 0.3) is 0 Å². The quantitative estimate of drug-likeness (QED) is 0.791. The second kappa shape index (κ2) is 6.30. The highest BCUT2D eigenvalue weighted by atomic mass is 35.5. The Morgan fingerprint density at radius 3 is 2.48 bits per heavy atom. The van der Waals surface area contributed by atoms with E-state index in [9.17, 15) is 15.0 Å². The fourth-order valence-electron chi connectivity index (χ4n) is 3.20. The van der Waals surface area contributed by atoms with Gasteiger partial charge in [-0.25, -0.2) is 4.79 Å². The van der Waals surface area contributed by atoms with Crippen LogP contribution < -0.4 is 5.32 Å². The van der Waals surface area contributed by atoms with Crippen molar-refractivity contribution in [2.24, 2.45) is 0 Å². The number of nitrogens with one attached hydrogen (secondary N) is 1. The third-order valence-corrected chi connectivity index (χ3v) is 5.24. The van der Waals surface area contributed by atoms with Crippen molar-refractivity contribution in [3.63, 3.8) is 0 Å². The van der Waals surface area contributed by atoms with Gasteiger partial charge in [-0.2, -0.15) is 0 Å². The number of hydrogen-bond acceptors (Lipinski definition) is 3. The van der Waals surface area contributed by atoms with Gasteiger partial charge in [-0.05, 0) is 49.8 Å². The Balaban J connectivity index is 1.64. The summed E-state index contributed by atoms with van der Waals surface area (Å²) in [5.74, 6) is 0. The van der Waals surface area contributed by atoms with Gasteiger partial charge in [0.05, 0.1) is 17.7 Å². The van der Waals surface area contributed by atoms with Gasteiger partial charge in [0.15, 0.2) is 0 Å². The predicted octanol–water partition coefficient (Wildman–Crippen LogP) is 2.25. The first kappa shape index (κ1) is 16.6. The topological polar surface area (TPSA) is 72.8 Å². The average Bonchev–Trinajstić information content (AvgIpc) is 3.33. The molecular formula is C17H23ClN2O3. The van der Waals surface area contributed by atoms with Crippen molar-refractivity contribution < 1.29 is 15.0 Å². The minimum atomic E-state index is -1.05. The van der Waals surface area contributed by atoms with Gasteiger partial charge in [-0.15, -0.1) is 0 Å². The van der Waals surface area contributed by atoms with Crippen molar-refractivity contribution in [3.8, 4) is 0 Å². The largest absolute Gasteiger partial charge is 0.393 e. The van der Waals surface area contributed by atoms with Crippen LogP contribution in [0.2, 0.25) is 5.02 Å². The summed E-state index contributed by atoms with van der Waals surface area (Å²) in [4.78, 5) is 14.3. The van der Waals surface area contributed by atoms with Gasteiger partial charge in [0.2, 0.25) is 0 Å². The summed E-state index contributed by atoms with van der Waals surface area (Å²) in [6.45, 7) is 0.807. The summed E-state index contributed by atoms with van der Waals surface area (Å²) >= 11 is 5.93. The molecular weight excluding hydrogens is 316 g/mol. The van der Waals surface area contributed by atoms with Gasteiger partial charge in [0.25, 0.3) is 0 Å². The fourth-order valence-corrected chi connectivity index (χ4v) is 3.33. The molecule has 2 amide bonds. The monoisotopic (exact) mass is 338 g/mol. The van der Waals surface area contributed by atoms with E-state index in [1.807, 2.05) is 24.3 Å². The summed E-state index contributed by atoms with van der Waals surface area (Å²) in [6, 6.07) is 7.51. The van der Waals surface area contributed by atoms with E-state index in [2.05, 4.69) is 5.32 Å². The van der Waals surface area contributed by atoms with E-state index in [4.69, 9.17) is 11.6 Å². The summed E-state index contributed by atoms with van der Waals surface area (Å²) in [6.07, 6.45) is 3.47. The maximum atomic E-state index is 12.6. The lowest BCUT2D eigenvalue weighted by molar-refractivity contribution is -0.0248. The second-order valence-corrected chi connectivity index (χ2v) is 7.18. The van der Waals surface area contributed by atoms with E-state index >= 15 is 0 Å². The summed E-state index contributed by atoms with van der Waals surface area (Å²) in [7, 11) is 0. The molecule has 0 spiro atoms. The number of aliphatic hydroxyl groups is 2. The Labute approximate surface area is 141 Å². The number of amides is 2. The number of carbonyl (C=O) groups excluding carboxylic acids is 1. The highest BCUT2D eigenvalue weighted by molar-refractivity contribution is 6.30. The predicted molar refractivity (Wildman–Crippen MR) is 88.4 cm³/mol. The molecule has 3 rings (SSSR count). The zero-order valence-corrected chi connectivity index (χ0v) is 13.9. The van der Waals surface area contributed by atoms with Crippen molar-refractivity contribution in [3.05, 3.63) is 34.9 Å². The first-order valence-corrected chi connectivity index (χ1v) is 8.51. The Morgan fingerprint density at radius 1 is 1.17 bits per heavy atom. The van der Waals surface area contributed by atoms with Crippen molar-refractivity contribution in [1.82, 2.24) is 10.2 Å². The Hall–Kier alpha value is -1.30. The van der Waals surface area contributed by atoms with E-state index in [1.54, 1.807) is 4.90 Å². The Kier molecular flexibility index (Phi) is 4.54. The molecule has 126 valence electrons. The van der Waals surface area contributed by atoms with Crippen molar-refractivity contribution in [2.75, 3.05) is 19.7 Å². The number of aliphatic hydroxyl groups excluding tert-OH is 1. The van der Waals surface area contributed by atoms with Crippen molar-refractivity contribution >= 4 is 17.6 Å². The minimum Gasteiger partial charge on any atom is -0.393 e. The van der Waals surface area contributed by atoms with Gasteiger partial charge in [0.1, 0.15) is 0 Å². The zero-order chi connectivity index (χ0) is 16.5. The molecule has 1 aromatic rings. The smallest absolute Gasteiger partial charge is 0.318 e. The van der Waals surface area contributed by atoms with Crippen molar-refractivity contribution in [2.45, 2.75) is 43.2 Å². The van der Waals surface area contributed by atoms with Crippen LogP contribution in [0.15, 0.2) is 24.3 Å². The molecule has 2 fully saturated rings. The second-order valence-electron chi connectivity index (χ2n) is 6.74. The molecule has 1 saturated carbocycles. The highest BCUT2D eigenvalue weighted by Crippen LogP contribution is 2.45. The van der Waals surface area contributed by atoms with Crippen LogP contribution >= 0.6 is 11.6 Å². The number of likely N-dealkylation sites (tertiary alicyclic amines) is 1. The number of nitrogens with zero attached hydrogens (tertiary/aromatic N) is 1. The van der Waals surface area contributed by atoms with Crippen LogP contribution in [0.4, 0.5) is 4.79 Å². The van der Waals surface area contributed by atoms with Gasteiger partial charge < -0.3 is 20.4 Å². The molecule has 0 bridgehead atoms. The molecule has 1 aromatic carbocycles. The van der Waals surface area contributed by atoms with Gasteiger partial charge >= 0.3 is 6.03 Å². The van der Waals surface area contributed by atoms with E-state index in [1.165, 1.54) is 0 Å². The highest BCUT2D eigenvalue weighted by Gasteiger charge is 2.46. The van der Waals surface area contributed by atoms with Crippen LogP contribution in [0.5, 0.6) is 0 Å². The Bertz CT molecular complexity index is 574. The van der Waals surface area contributed by atoms with Crippen LogP contribution in [-0.2, 0) is 5.54 Å². The number of carbonyl (C=O) groups is 1. The van der Waals surface area contributed by atoms with Crippen LogP contribution in [0.1, 0.15) is 37.7 Å². The molecule has 1 aliphatic carbocycles.